The van der Waals surface area contributed by atoms with Gasteiger partial charge in [-0.1, -0.05) is 18.2 Å². The van der Waals surface area contributed by atoms with Gasteiger partial charge in [-0.2, -0.15) is 11.8 Å². The lowest BCUT2D eigenvalue weighted by Gasteiger charge is -2.24. The number of aliphatic carboxylic acids is 1. The van der Waals surface area contributed by atoms with E-state index in [0.29, 0.717) is 11.4 Å². The molecular formula is C25H33N7O6S. The van der Waals surface area contributed by atoms with Gasteiger partial charge >= 0.3 is 5.97 Å². The Bertz CT molecular complexity index is 1260. The van der Waals surface area contributed by atoms with Crippen LogP contribution in [-0.2, 0) is 32.0 Å². The highest BCUT2D eigenvalue weighted by Gasteiger charge is 2.30. The number of imidazole rings is 1. The molecule has 3 aromatic rings. The van der Waals surface area contributed by atoms with E-state index in [1.54, 1.807) is 12.5 Å². The summed E-state index contributed by atoms with van der Waals surface area (Å²) in [5.74, 6) is -2.95. The fourth-order valence-electron chi connectivity index (χ4n) is 3.97. The Hall–Kier alpha value is -3.88. The number of carbonyl (C=O) groups excluding carboxylic acids is 3. The van der Waals surface area contributed by atoms with Crippen molar-refractivity contribution in [3.05, 3.63) is 54.2 Å². The lowest BCUT2D eigenvalue weighted by molar-refractivity contribution is -0.142. The molecular weight excluding hydrogens is 526 g/mol. The van der Waals surface area contributed by atoms with Crippen LogP contribution in [0, 0.1) is 0 Å². The van der Waals surface area contributed by atoms with E-state index in [0.717, 1.165) is 16.5 Å². The molecule has 39 heavy (non-hydrogen) atoms. The largest absolute Gasteiger partial charge is 0.480 e. The van der Waals surface area contributed by atoms with Crippen LogP contribution < -0.4 is 21.7 Å². The summed E-state index contributed by atoms with van der Waals surface area (Å²) >= 11 is 1.42. The van der Waals surface area contributed by atoms with Crippen LogP contribution in [-0.4, -0.2) is 91.6 Å². The summed E-state index contributed by atoms with van der Waals surface area (Å²) in [7, 11) is 0. The second-order valence-corrected chi connectivity index (χ2v) is 9.92. The maximum Gasteiger partial charge on any atom is 0.326 e. The van der Waals surface area contributed by atoms with Gasteiger partial charge in [0.1, 0.15) is 18.1 Å². The average Bonchev–Trinajstić information content (AvgIpc) is 3.58. The van der Waals surface area contributed by atoms with E-state index in [1.165, 1.54) is 24.3 Å². The first-order chi connectivity index (χ1) is 18.7. The van der Waals surface area contributed by atoms with Gasteiger partial charge in [0.25, 0.3) is 0 Å². The number of hydrogen-bond donors (Lipinski definition) is 8. The third-order valence-corrected chi connectivity index (χ3v) is 6.75. The van der Waals surface area contributed by atoms with Crippen LogP contribution in [0.4, 0.5) is 0 Å². The van der Waals surface area contributed by atoms with E-state index in [9.17, 15) is 29.4 Å². The lowest BCUT2D eigenvalue weighted by atomic mass is 10.0. The molecule has 0 spiro atoms. The number of para-hydroxylation sites is 1. The Morgan fingerprint density at radius 3 is 2.36 bits per heavy atom. The minimum atomic E-state index is -1.44. The van der Waals surface area contributed by atoms with Crippen LogP contribution in [0.25, 0.3) is 10.9 Å². The zero-order valence-electron chi connectivity index (χ0n) is 21.3. The zero-order valence-corrected chi connectivity index (χ0v) is 22.2. The standard InChI is InChI=1S/C25H33N7O6S/c1-39-7-6-19(25(37)38)30-24(36)21(12-33)32-23(35)20(9-15-11-27-13-29-15)31-22(34)17(26)8-14-10-28-18-5-3-2-4-16(14)18/h2-5,10-11,13,17,19-21,28,33H,6-9,12,26H2,1H3,(H,27,29)(H,30,36)(H,31,34)(H,32,35)(H,37,38). The summed E-state index contributed by atoms with van der Waals surface area (Å²) in [5.41, 5.74) is 8.46. The summed E-state index contributed by atoms with van der Waals surface area (Å²) in [6, 6.07) is 2.83. The van der Waals surface area contributed by atoms with E-state index in [4.69, 9.17) is 5.73 Å². The number of nitrogens with one attached hydrogen (secondary N) is 5. The van der Waals surface area contributed by atoms with E-state index in [-0.39, 0.29) is 19.3 Å². The average molecular weight is 560 g/mol. The normalized spacial score (nSPS) is 14.2. The second-order valence-electron chi connectivity index (χ2n) is 8.94. The molecule has 0 radical (unpaired) electrons. The summed E-state index contributed by atoms with van der Waals surface area (Å²) in [5, 5.41) is 27.4. The molecule has 1 aromatic carbocycles. The topological polar surface area (TPSA) is 215 Å². The first-order valence-corrected chi connectivity index (χ1v) is 13.6. The first-order valence-electron chi connectivity index (χ1n) is 12.2. The molecule has 3 amide bonds. The highest BCUT2D eigenvalue weighted by molar-refractivity contribution is 7.98. The van der Waals surface area contributed by atoms with Gasteiger partial charge in [-0.15, -0.1) is 0 Å². The Labute approximate surface area is 228 Å². The van der Waals surface area contributed by atoms with Gasteiger partial charge in [0.15, 0.2) is 0 Å². The number of nitrogens with two attached hydrogens (primary N) is 1. The van der Waals surface area contributed by atoms with Crippen molar-refractivity contribution in [2.45, 2.75) is 43.4 Å². The molecule has 0 aliphatic carbocycles. The van der Waals surface area contributed by atoms with Crippen molar-refractivity contribution < 1.29 is 29.4 Å². The molecule has 0 saturated heterocycles. The maximum absolute atomic E-state index is 13.2. The molecule has 0 saturated carbocycles. The number of carboxylic acids is 1. The molecule has 2 aromatic heterocycles. The number of aromatic nitrogens is 3. The van der Waals surface area contributed by atoms with Crippen molar-refractivity contribution in [2.75, 3.05) is 18.6 Å². The summed E-state index contributed by atoms with van der Waals surface area (Å²) in [4.78, 5) is 60.2. The van der Waals surface area contributed by atoms with Gasteiger partial charge in [0.05, 0.1) is 19.0 Å². The Morgan fingerprint density at radius 2 is 1.69 bits per heavy atom. The van der Waals surface area contributed by atoms with E-state index in [2.05, 4.69) is 30.9 Å². The van der Waals surface area contributed by atoms with Crippen LogP contribution in [0.2, 0.25) is 0 Å². The number of aliphatic hydroxyl groups excluding tert-OH is 1. The zero-order chi connectivity index (χ0) is 28.4. The fourth-order valence-corrected chi connectivity index (χ4v) is 4.44. The smallest absolute Gasteiger partial charge is 0.326 e. The Kier molecular flexibility index (Phi) is 10.9. The van der Waals surface area contributed by atoms with Crippen molar-refractivity contribution in [3.63, 3.8) is 0 Å². The van der Waals surface area contributed by atoms with Gasteiger partial charge in [-0.05, 0) is 36.5 Å². The molecule has 0 aliphatic heterocycles. The number of aliphatic hydroxyl groups is 1. The molecule has 14 heteroatoms. The number of carboxylic acid groups (broad SMARTS) is 1. The molecule has 0 bridgehead atoms. The number of thioether (sulfide) groups is 1. The molecule has 3 rings (SSSR count). The quantitative estimate of drug-likeness (QED) is 0.118. The maximum atomic E-state index is 13.2. The van der Waals surface area contributed by atoms with Gasteiger partial charge in [0.2, 0.25) is 17.7 Å². The first kappa shape index (κ1) is 29.7. The van der Waals surface area contributed by atoms with Gasteiger partial charge in [0, 0.05) is 35.4 Å². The van der Waals surface area contributed by atoms with Crippen LogP contribution in [0.5, 0.6) is 0 Å². The number of fused-ring (bicyclic) bond motifs is 1. The molecule has 2 heterocycles. The number of rotatable bonds is 15. The monoisotopic (exact) mass is 559 g/mol. The Balaban J connectivity index is 1.68. The van der Waals surface area contributed by atoms with E-state index in [1.807, 2.05) is 24.3 Å². The predicted octanol–water partition coefficient (Wildman–Crippen LogP) is -0.712. The van der Waals surface area contributed by atoms with E-state index >= 15 is 0 Å². The van der Waals surface area contributed by atoms with Crippen LogP contribution in [0.1, 0.15) is 17.7 Å². The molecule has 210 valence electrons. The minimum absolute atomic E-state index is 0.00260. The van der Waals surface area contributed by atoms with Gasteiger partial charge in [-0.3, -0.25) is 14.4 Å². The van der Waals surface area contributed by atoms with Crippen LogP contribution >= 0.6 is 11.8 Å². The Morgan fingerprint density at radius 1 is 1.00 bits per heavy atom. The number of carbonyl (C=O) groups is 4. The number of H-pyrrole nitrogens is 2. The predicted molar refractivity (Wildman–Crippen MR) is 146 cm³/mol. The summed E-state index contributed by atoms with van der Waals surface area (Å²) in [6.45, 7) is -0.781. The highest BCUT2D eigenvalue weighted by Crippen LogP contribution is 2.18. The number of nitrogens with zero attached hydrogens (tertiary/aromatic N) is 1. The third kappa shape index (κ3) is 8.30. The molecule has 0 fully saturated rings. The van der Waals surface area contributed by atoms with Gasteiger partial charge in [-0.25, -0.2) is 9.78 Å². The lowest BCUT2D eigenvalue weighted by Crippen LogP contribution is -2.58. The van der Waals surface area contributed by atoms with Crippen LogP contribution in [0.3, 0.4) is 0 Å². The van der Waals surface area contributed by atoms with Crippen molar-refractivity contribution >= 4 is 46.4 Å². The molecule has 0 aliphatic rings. The van der Waals surface area contributed by atoms with Gasteiger partial charge < -0.3 is 41.9 Å². The molecule has 4 atom stereocenters. The minimum Gasteiger partial charge on any atom is -0.480 e. The molecule has 4 unspecified atom stereocenters. The highest BCUT2D eigenvalue weighted by atomic mass is 32.2. The number of aromatic amines is 2. The number of benzene rings is 1. The SMILES string of the molecule is CSCCC(NC(=O)C(CO)NC(=O)C(Cc1cnc[nH]1)NC(=O)C(N)Cc1c[nH]c2ccccc12)C(=O)O. The summed E-state index contributed by atoms with van der Waals surface area (Å²) < 4.78 is 0. The number of hydrogen-bond acceptors (Lipinski definition) is 8. The molecule has 13 nitrogen and oxygen atoms in total. The van der Waals surface area contributed by atoms with E-state index < -0.39 is 54.5 Å². The van der Waals surface area contributed by atoms with Crippen LogP contribution in [0.15, 0.2) is 43.0 Å². The second kappa shape index (κ2) is 14.3. The van der Waals surface area contributed by atoms with Crippen molar-refractivity contribution in [3.8, 4) is 0 Å². The number of amides is 3. The third-order valence-electron chi connectivity index (χ3n) is 6.10. The van der Waals surface area contributed by atoms with Crippen molar-refractivity contribution in [2.24, 2.45) is 5.73 Å². The summed E-state index contributed by atoms with van der Waals surface area (Å²) in [6.07, 6.45) is 6.86. The molecule has 9 N–H and O–H groups in total. The van der Waals surface area contributed by atoms with Crippen molar-refractivity contribution in [1.29, 1.82) is 0 Å². The fraction of sp³-hybridized carbons (Fsp3) is 0.400. The van der Waals surface area contributed by atoms with Crippen molar-refractivity contribution in [1.82, 2.24) is 30.9 Å².